The number of β-lactam (4-membered cyclic amide) rings is 1. The van der Waals surface area contributed by atoms with Crippen molar-refractivity contribution in [2.24, 2.45) is 0 Å². The van der Waals surface area contributed by atoms with E-state index in [0.29, 0.717) is 22.6 Å². The molecule has 2 fully saturated rings. The van der Waals surface area contributed by atoms with E-state index in [1.807, 2.05) is 121 Å². The number of esters is 1. The molecule has 0 aromatic heterocycles. The van der Waals surface area contributed by atoms with Gasteiger partial charge in [-0.1, -0.05) is 121 Å². The summed E-state index contributed by atoms with van der Waals surface area (Å²) >= 11 is 0. The number of benzene rings is 5. The number of carbonyl (C=O) groups is 3. The number of ether oxygens (including phenoxy) is 3. The van der Waals surface area contributed by atoms with Gasteiger partial charge in [-0.3, -0.25) is 9.59 Å². The number of fused-ring (bicyclic) bond motifs is 1. The topological polar surface area (TPSA) is 128 Å². The van der Waals surface area contributed by atoms with Gasteiger partial charge in [0.1, 0.15) is 23.3 Å². The van der Waals surface area contributed by atoms with Gasteiger partial charge in [-0.05, 0) is 47.4 Å². The third-order valence-electron chi connectivity index (χ3n) is 9.75. The number of amides is 2. The normalized spacial score (nSPS) is 19.9. The van der Waals surface area contributed by atoms with E-state index in [0.717, 1.165) is 16.0 Å². The monoisotopic (exact) mass is 730 g/mol. The van der Waals surface area contributed by atoms with E-state index in [1.165, 1.54) is 13.0 Å². The molecule has 11 heteroatoms. The van der Waals surface area contributed by atoms with Crippen LogP contribution in [0.25, 0.3) is 0 Å². The van der Waals surface area contributed by atoms with Crippen molar-refractivity contribution in [2.75, 3.05) is 6.54 Å². The molecule has 5 aromatic rings. The second-order valence-corrected chi connectivity index (χ2v) is 15.8. The van der Waals surface area contributed by atoms with Crippen LogP contribution in [0.1, 0.15) is 52.1 Å². The van der Waals surface area contributed by atoms with E-state index in [9.17, 15) is 22.8 Å². The van der Waals surface area contributed by atoms with Crippen LogP contribution in [0.4, 0.5) is 0 Å². The van der Waals surface area contributed by atoms with Crippen molar-refractivity contribution in [3.05, 3.63) is 167 Å². The highest BCUT2D eigenvalue weighted by Crippen LogP contribution is 2.47. The van der Waals surface area contributed by atoms with Crippen LogP contribution in [-0.4, -0.2) is 53.8 Å². The molecule has 2 heterocycles. The lowest BCUT2D eigenvalue weighted by molar-refractivity contribution is -0.164. The van der Waals surface area contributed by atoms with Crippen molar-refractivity contribution >= 4 is 27.6 Å². The number of rotatable bonds is 13. The quantitative estimate of drug-likeness (QED) is 0.115. The van der Waals surface area contributed by atoms with Gasteiger partial charge >= 0.3 is 5.97 Å². The summed E-state index contributed by atoms with van der Waals surface area (Å²) in [5.41, 5.74) is 3.40. The van der Waals surface area contributed by atoms with Crippen LogP contribution in [0.15, 0.2) is 140 Å². The Morgan fingerprint density at radius 1 is 0.755 bits per heavy atom. The van der Waals surface area contributed by atoms with Gasteiger partial charge in [0.05, 0.1) is 6.42 Å². The second-order valence-electron chi connectivity index (χ2n) is 13.3. The lowest BCUT2D eigenvalue weighted by atomic mass is 9.95. The van der Waals surface area contributed by atoms with Crippen molar-refractivity contribution in [1.82, 2.24) is 10.2 Å². The molecule has 2 aliphatic heterocycles. The minimum atomic E-state index is -4.14. The van der Waals surface area contributed by atoms with Crippen LogP contribution in [0.2, 0.25) is 0 Å². The largest absolute Gasteiger partial charge is 0.485 e. The van der Waals surface area contributed by atoms with Crippen molar-refractivity contribution in [3.8, 4) is 11.5 Å². The van der Waals surface area contributed by atoms with Crippen LogP contribution in [-0.2, 0) is 37.4 Å². The third-order valence-corrected chi connectivity index (χ3v) is 12.5. The highest BCUT2D eigenvalue weighted by Gasteiger charge is 2.70. The molecule has 0 saturated carbocycles. The Bertz CT molecular complexity index is 2160. The molecule has 10 nitrogen and oxygen atoms in total. The summed E-state index contributed by atoms with van der Waals surface area (Å²) in [5, 5.41) is 1.55. The predicted molar refractivity (Wildman–Crippen MR) is 198 cm³/mol. The molecule has 2 amide bonds. The number of nitrogens with zero attached hydrogens (tertiary/aromatic N) is 1. The highest BCUT2D eigenvalue weighted by atomic mass is 32.2. The summed E-state index contributed by atoms with van der Waals surface area (Å²) in [6.45, 7) is 1.41. The molecule has 2 aliphatic rings. The highest BCUT2D eigenvalue weighted by molar-refractivity contribution is 7.94. The Labute approximate surface area is 308 Å². The Kier molecular flexibility index (Phi) is 10.0. The SMILES string of the molecule is C[C@]1(CNC(=O)c2ccc(OCc3ccccc3)c(OCc3ccccc3)c2)[C@H](C(=O)OC(c2ccccc2)c2ccccc2)N2C(=O)C[C@H]2S1(=O)=O. The van der Waals surface area contributed by atoms with E-state index < -0.39 is 56.4 Å². The number of hydrogen-bond donors (Lipinski definition) is 1. The van der Waals surface area contributed by atoms with Gasteiger partial charge in [-0.15, -0.1) is 0 Å². The summed E-state index contributed by atoms with van der Waals surface area (Å²) in [6, 6.07) is 40.6. The van der Waals surface area contributed by atoms with Crippen molar-refractivity contribution in [1.29, 1.82) is 0 Å². The number of sulfone groups is 1. The molecule has 5 aromatic carbocycles. The Morgan fingerprint density at radius 3 is 1.79 bits per heavy atom. The Balaban J connectivity index is 1.13. The van der Waals surface area contributed by atoms with Crippen LogP contribution >= 0.6 is 0 Å². The van der Waals surface area contributed by atoms with Crippen LogP contribution in [0.3, 0.4) is 0 Å². The molecule has 1 N–H and O–H groups in total. The van der Waals surface area contributed by atoms with Crippen molar-refractivity contribution in [3.63, 3.8) is 0 Å². The zero-order valence-corrected chi connectivity index (χ0v) is 29.8. The van der Waals surface area contributed by atoms with Gasteiger partial charge < -0.3 is 24.4 Å². The second kappa shape index (κ2) is 15.0. The van der Waals surface area contributed by atoms with Gasteiger partial charge in [0.15, 0.2) is 33.5 Å². The number of hydrogen-bond acceptors (Lipinski definition) is 8. The summed E-state index contributed by atoms with van der Waals surface area (Å²) in [5.74, 6) is -1.21. The molecular formula is C42H38N2O8S. The van der Waals surface area contributed by atoms with Crippen molar-refractivity contribution < 1.29 is 37.0 Å². The molecule has 2 saturated heterocycles. The first kappa shape index (κ1) is 35.5. The molecule has 270 valence electrons. The molecule has 3 atom stereocenters. The minimum absolute atomic E-state index is 0.186. The Morgan fingerprint density at radius 2 is 1.26 bits per heavy atom. The van der Waals surface area contributed by atoms with Gasteiger partial charge in [-0.25, -0.2) is 13.2 Å². The first-order valence-corrected chi connectivity index (χ1v) is 18.8. The average Bonchev–Trinajstić information content (AvgIpc) is 3.33. The summed E-state index contributed by atoms with van der Waals surface area (Å²) in [4.78, 5) is 41.9. The molecule has 0 aliphatic carbocycles. The van der Waals surface area contributed by atoms with E-state index in [2.05, 4.69) is 5.32 Å². The molecule has 0 radical (unpaired) electrons. The Hall–Kier alpha value is -5.94. The van der Waals surface area contributed by atoms with E-state index in [1.54, 1.807) is 12.1 Å². The fourth-order valence-corrected chi connectivity index (χ4v) is 9.08. The number of carbonyl (C=O) groups excluding carboxylic acids is 3. The standard InChI is InChI=1S/C42H38N2O8S/c1-42(28-43-40(46)33-22-23-34(50-26-29-14-6-2-7-15-29)35(24-33)51-27-30-16-8-3-9-17-30)39(44-36(45)25-37(44)53(42,48)49)41(47)52-38(31-18-10-4-11-19-31)32-20-12-5-13-21-32/h2-24,37-39H,25-28H2,1H3,(H,43,46)/t37-,39+,42+/m1/s1. The molecule has 0 unspecified atom stereocenters. The number of nitrogens with one attached hydrogen (secondary N) is 1. The zero-order chi connectivity index (χ0) is 37.0. The first-order valence-electron chi connectivity index (χ1n) is 17.3. The average molecular weight is 731 g/mol. The molecule has 53 heavy (non-hydrogen) atoms. The zero-order valence-electron chi connectivity index (χ0n) is 29.0. The maximum atomic E-state index is 14.2. The van der Waals surface area contributed by atoms with Crippen LogP contribution in [0.5, 0.6) is 11.5 Å². The van der Waals surface area contributed by atoms with Gasteiger partial charge in [-0.2, -0.15) is 0 Å². The fraction of sp³-hybridized carbons (Fsp3) is 0.214. The predicted octanol–water partition coefficient (Wildman–Crippen LogP) is 6.02. The molecular weight excluding hydrogens is 693 g/mol. The lowest BCUT2D eigenvalue weighted by Gasteiger charge is -2.37. The maximum absolute atomic E-state index is 14.2. The smallest absolute Gasteiger partial charge is 0.331 e. The van der Waals surface area contributed by atoms with Crippen LogP contribution in [0, 0.1) is 0 Å². The lowest BCUT2D eigenvalue weighted by Crippen LogP contribution is -2.59. The maximum Gasteiger partial charge on any atom is 0.331 e. The fourth-order valence-electron chi connectivity index (χ4n) is 6.77. The third kappa shape index (κ3) is 7.12. The van der Waals surface area contributed by atoms with Gasteiger partial charge in [0.2, 0.25) is 5.91 Å². The summed E-state index contributed by atoms with van der Waals surface area (Å²) in [7, 11) is -4.14. The summed E-state index contributed by atoms with van der Waals surface area (Å²) < 4.78 is 44.5. The van der Waals surface area contributed by atoms with E-state index >= 15 is 0 Å². The molecule has 0 bridgehead atoms. The summed E-state index contributed by atoms with van der Waals surface area (Å²) in [6.07, 6.45) is -1.11. The van der Waals surface area contributed by atoms with Crippen molar-refractivity contribution in [2.45, 2.75) is 48.8 Å². The van der Waals surface area contributed by atoms with E-state index in [-0.39, 0.29) is 25.2 Å². The van der Waals surface area contributed by atoms with Gasteiger partial charge in [0.25, 0.3) is 5.91 Å². The molecule has 7 rings (SSSR count). The van der Waals surface area contributed by atoms with Crippen LogP contribution < -0.4 is 14.8 Å². The first-order chi connectivity index (χ1) is 25.7. The van der Waals surface area contributed by atoms with E-state index in [4.69, 9.17) is 14.2 Å². The minimum Gasteiger partial charge on any atom is -0.485 e. The van der Waals surface area contributed by atoms with Gasteiger partial charge in [0, 0.05) is 12.1 Å². The molecule has 0 spiro atoms.